The van der Waals surface area contributed by atoms with Crippen LogP contribution in [0.1, 0.15) is 36.2 Å². The van der Waals surface area contributed by atoms with E-state index in [1.807, 2.05) is 52.8 Å². The smallest absolute Gasteiger partial charge is 0.271 e. The van der Waals surface area contributed by atoms with Crippen LogP contribution in [0.3, 0.4) is 0 Å². The number of aryl methyl sites for hydroxylation is 1. The highest BCUT2D eigenvalue weighted by Gasteiger charge is 2.29. The van der Waals surface area contributed by atoms with Crippen LogP contribution in [0, 0.1) is 0 Å². The molecule has 1 atom stereocenters. The summed E-state index contributed by atoms with van der Waals surface area (Å²) in [4.78, 5) is 25.3. The van der Waals surface area contributed by atoms with Crippen molar-refractivity contribution in [1.82, 2.24) is 23.8 Å². The Hall–Kier alpha value is -3.13. The van der Waals surface area contributed by atoms with Crippen LogP contribution in [0.4, 0.5) is 0 Å². The van der Waals surface area contributed by atoms with Crippen molar-refractivity contribution in [2.75, 3.05) is 13.7 Å². The third-order valence-electron chi connectivity index (χ3n) is 5.96. The minimum Gasteiger partial charge on any atom is -0.497 e. The minimum absolute atomic E-state index is 0.0937. The number of thiazole rings is 1. The van der Waals surface area contributed by atoms with Crippen LogP contribution >= 0.6 is 11.3 Å². The van der Waals surface area contributed by atoms with Gasteiger partial charge in [0.15, 0.2) is 4.96 Å². The highest BCUT2D eigenvalue weighted by atomic mass is 32.1. The van der Waals surface area contributed by atoms with Gasteiger partial charge in [0.25, 0.3) is 5.91 Å². The van der Waals surface area contributed by atoms with Crippen LogP contribution in [-0.2, 0) is 6.54 Å². The van der Waals surface area contributed by atoms with Crippen molar-refractivity contribution < 1.29 is 9.53 Å². The molecule has 3 aromatic heterocycles. The number of carbonyl (C=O) groups is 1. The zero-order chi connectivity index (χ0) is 21.2. The van der Waals surface area contributed by atoms with Crippen LogP contribution in [-0.4, -0.2) is 49.4 Å². The number of piperidine rings is 1. The maximum Gasteiger partial charge on any atom is 0.271 e. The van der Waals surface area contributed by atoms with Gasteiger partial charge in [-0.3, -0.25) is 9.20 Å². The van der Waals surface area contributed by atoms with Gasteiger partial charge in [-0.15, -0.1) is 11.3 Å². The summed E-state index contributed by atoms with van der Waals surface area (Å²) in [7, 11) is 1.66. The average Bonchev–Trinajstić information content (AvgIpc) is 3.55. The van der Waals surface area contributed by atoms with Crippen molar-refractivity contribution >= 4 is 22.2 Å². The second-order valence-electron chi connectivity index (χ2n) is 7.87. The summed E-state index contributed by atoms with van der Waals surface area (Å²) in [6.45, 7) is 1.68. The fraction of sp³-hybridized carbons (Fsp3) is 0.348. The first-order valence-corrected chi connectivity index (χ1v) is 11.5. The van der Waals surface area contributed by atoms with Gasteiger partial charge in [-0.2, -0.15) is 0 Å². The maximum absolute atomic E-state index is 13.5. The molecular formula is C23H25N5O2S. The molecule has 1 aliphatic rings. The molecule has 1 saturated heterocycles. The molecule has 7 nitrogen and oxygen atoms in total. The third-order valence-corrected chi connectivity index (χ3v) is 6.80. The number of hydrogen-bond acceptors (Lipinski definition) is 5. The van der Waals surface area contributed by atoms with Crippen molar-refractivity contribution in [1.29, 1.82) is 0 Å². The molecule has 160 valence electrons. The van der Waals surface area contributed by atoms with E-state index < -0.39 is 0 Å². The first-order valence-electron chi connectivity index (χ1n) is 10.6. The highest BCUT2D eigenvalue weighted by Crippen LogP contribution is 2.28. The fourth-order valence-electron chi connectivity index (χ4n) is 4.29. The van der Waals surface area contributed by atoms with Gasteiger partial charge in [-0.1, -0.05) is 12.1 Å². The van der Waals surface area contributed by atoms with Crippen LogP contribution in [0.5, 0.6) is 5.75 Å². The molecule has 1 aromatic carbocycles. The normalized spacial score (nSPS) is 16.7. The van der Waals surface area contributed by atoms with Crippen molar-refractivity contribution in [2.24, 2.45) is 0 Å². The second kappa shape index (κ2) is 8.55. The van der Waals surface area contributed by atoms with Gasteiger partial charge in [0, 0.05) is 48.7 Å². The van der Waals surface area contributed by atoms with Gasteiger partial charge >= 0.3 is 0 Å². The number of aromatic nitrogens is 4. The third kappa shape index (κ3) is 3.95. The van der Waals surface area contributed by atoms with E-state index >= 15 is 0 Å². The number of methoxy groups -OCH3 is 1. The molecule has 0 saturated carbocycles. The lowest BCUT2D eigenvalue weighted by atomic mass is 9.99. The molecule has 5 rings (SSSR count). The number of benzene rings is 1. The van der Waals surface area contributed by atoms with Crippen molar-refractivity contribution in [3.05, 3.63) is 60.3 Å². The number of fused-ring (bicyclic) bond motifs is 1. The van der Waals surface area contributed by atoms with E-state index in [0.717, 1.165) is 54.3 Å². The molecule has 1 amide bonds. The zero-order valence-electron chi connectivity index (χ0n) is 17.5. The standard InChI is InChI=1S/C23H25N5O2S/c1-30-19-7-4-5-17(13-19)20-14-28-21(15-31-23(28)25-20)22(29)27-10-3-2-6-18(27)8-11-26-12-9-24-16-26/h4-5,7,9,12-16,18H,2-3,6,8,10-11H2,1H3/t18-/m1/s1. The maximum atomic E-state index is 13.5. The Balaban J connectivity index is 1.39. The van der Waals surface area contributed by atoms with Gasteiger partial charge in [-0.25, -0.2) is 9.97 Å². The summed E-state index contributed by atoms with van der Waals surface area (Å²) in [5, 5.41) is 1.93. The SMILES string of the molecule is COc1cccc(-c2cn3c(C(=O)N4CCCC[C@@H]4CCn4ccnc4)csc3n2)c1. The quantitative estimate of drug-likeness (QED) is 0.452. The Morgan fingerprint density at radius 1 is 1.32 bits per heavy atom. The number of ether oxygens (including phenoxy) is 1. The van der Waals surface area contributed by atoms with Crippen molar-refractivity contribution in [3.63, 3.8) is 0 Å². The van der Waals surface area contributed by atoms with E-state index in [-0.39, 0.29) is 11.9 Å². The topological polar surface area (TPSA) is 64.7 Å². The molecule has 1 fully saturated rings. The molecule has 0 bridgehead atoms. The summed E-state index contributed by atoms with van der Waals surface area (Å²) >= 11 is 1.51. The lowest BCUT2D eigenvalue weighted by Gasteiger charge is -2.35. The fourth-order valence-corrected chi connectivity index (χ4v) is 5.14. The Kier molecular flexibility index (Phi) is 5.46. The zero-order valence-corrected chi connectivity index (χ0v) is 18.3. The predicted octanol–water partition coefficient (Wildman–Crippen LogP) is 4.35. The van der Waals surface area contributed by atoms with Crippen molar-refractivity contribution in [3.8, 4) is 17.0 Å². The van der Waals surface area contributed by atoms with Crippen LogP contribution in [0.15, 0.2) is 54.6 Å². The summed E-state index contributed by atoms with van der Waals surface area (Å²) in [6, 6.07) is 8.08. The Morgan fingerprint density at radius 2 is 2.26 bits per heavy atom. The predicted molar refractivity (Wildman–Crippen MR) is 121 cm³/mol. The number of rotatable bonds is 6. The first kappa shape index (κ1) is 19.8. The lowest BCUT2D eigenvalue weighted by Crippen LogP contribution is -2.44. The number of carbonyl (C=O) groups excluding carboxylic acids is 1. The molecule has 0 radical (unpaired) electrons. The molecule has 0 N–H and O–H groups in total. The lowest BCUT2D eigenvalue weighted by molar-refractivity contribution is 0.0588. The van der Waals surface area contributed by atoms with Gasteiger partial charge in [0.2, 0.25) is 0 Å². The Labute approximate surface area is 184 Å². The highest BCUT2D eigenvalue weighted by molar-refractivity contribution is 7.15. The summed E-state index contributed by atoms with van der Waals surface area (Å²) in [6.07, 6.45) is 11.8. The Bertz CT molecular complexity index is 1180. The van der Waals surface area contributed by atoms with Gasteiger partial charge in [0.1, 0.15) is 11.4 Å². The van der Waals surface area contributed by atoms with E-state index in [0.29, 0.717) is 5.69 Å². The van der Waals surface area contributed by atoms with E-state index in [4.69, 9.17) is 9.72 Å². The molecule has 4 aromatic rings. The van der Waals surface area contributed by atoms with Gasteiger partial charge < -0.3 is 14.2 Å². The number of imidazole rings is 2. The second-order valence-corrected chi connectivity index (χ2v) is 8.71. The van der Waals surface area contributed by atoms with E-state index in [1.165, 1.54) is 17.8 Å². The number of likely N-dealkylation sites (tertiary alicyclic amines) is 1. The molecule has 0 unspecified atom stereocenters. The number of nitrogens with zero attached hydrogens (tertiary/aromatic N) is 5. The molecule has 31 heavy (non-hydrogen) atoms. The molecule has 0 spiro atoms. The average molecular weight is 436 g/mol. The van der Waals surface area contributed by atoms with Crippen molar-refractivity contribution in [2.45, 2.75) is 38.3 Å². The monoisotopic (exact) mass is 435 g/mol. The minimum atomic E-state index is 0.0937. The first-order chi connectivity index (χ1) is 15.2. The molecule has 8 heteroatoms. The number of amides is 1. The largest absolute Gasteiger partial charge is 0.497 e. The van der Waals surface area contributed by atoms with E-state index in [1.54, 1.807) is 13.3 Å². The molecule has 0 aliphatic carbocycles. The molecular weight excluding hydrogens is 410 g/mol. The summed E-state index contributed by atoms with van der Waals surface area (Å²) in [5.74, 6) is 0.885. The summed E-state index contributed by atoms with van der Waals surface area (Å²) in [5.41, 5.74) is 2.51. The van der Waals surface area contributed by atoms with Gasteiger partial charge in [0.05, 0.1) is 19.1 Å². The van der Waals surface area contributed by atoms with Gasteiger partial charge in [-0.05, 0) is 37.8 Å². The van der Waals surface area contributed by atoms with Crippen LogP contribution in [0.25, 0.3) is 16.2 Å². The van der Waals surface area contributed by atoms with E-state index in [9.17, 15) is 4.79 Å². The van der Waals surface area contributed by atoms with Crippen LogP contribution < -0.4 is 4.74 Å². The summed E-state index contributed by atoms with van der Waals surface area (Å²) < 4.78 is 9.35. The molecule has 4 heterocycles. The van der Waals surface area contributed by atoms with E-state index in [2.05, 4.69) is 14.5 Å². The number of hydrogen-bond donors (Lipinski definition) is 0. The van der Waals surface area contributed by atoms with Crippen LogP contribution in [0.2, 0.25) is 0 Å². The Morgan fingerprint density at radius 3 is 3.10 bits per heavy atom. The molecule has 1 aliphatic heterocycles.